The van der Waals surface area contributed by atoms with E-state index < -0.39 is 0 Å². The zero-order valence-corrected chi connectivity index (χ0v) is 11.7. The van der Waals surface area contributed by atoms with Crippen molar-refractivity contribution in [3.05, 3.63) is 48.0 Å². The van der Waals surface area contributed by atoms with Gasteiger partial charge in [-0.2, -0.15) is 0 Å². The Hall–Kier alpha value is -2.69. The second-order valence-electron chi connectivity index (χ2n) is 4.61. The Bertz CT molecular complexity index is 670. The van der Waals surface area contributed by atoms with Crippen LogP contribution in [0.4, 0.5) is 11.4 Å². The molecule has 2 aromatic rings. The van der Waals surface area contributed by atoms with E-state index in [4.69, 9.17) is 9.47 Å². The van der Waals surface area contributed by atoms with Crippen molar-refractivity contribution in [1.82, 2.24) is 0 Å². The first-order valence-electron chi connectivity index (χ1n) is 6.76. The molecule has 1 aliphatic heterocycles. The Morgan fingerprint density at radius 3 is 2.62 bits per heavy atom. The van der Waals surface area contributed by atoms with Crippen LogP contribution in [0.25, 0.3) is 0 Å². The quantitative estimate of drug-likeness (QED) is 0.910. The second kappa shape index (κ2) is 5.75. The lowest BCUT2D eigenvalue weighted by Gasteiger charge is -2.19. The van der Waals surface area contributed by atoms with Crippen molar-refractivity contribution in [1.29, 1.82) is 0 Å². The Morgan fingerprint density at radius 2 is 1.81 bits per heavy atom. The van der Waals surface area contributed by atoms with Gasteiger partial charge < -0.3 is 20.1 Å². The predicted molar refractivity (Wildman–Crippen MR) is 81.4 cm³/mol. The molecule has 1 heterocycles. The summed E-state index contributed by atoms with van der Waals surface area (Å²) in [7, 11) is 1.79. The maximum absolute atomic E-state index is 12.3. The normalized spacial score (nSPS) is 12.6. The molecular formula is C16H16N2O3. The minimum Gasteiger partial charge on any atom is -0.486 e. The van der Waals surface area contributed by atoms with Gasteiger partial charge in [-0.15, -0.1) is 0 Å². The summed E-state index contributed by atoms with van der Waals surface area (Å²) in [5.74, 6) is 1.19. The van der Waals surface area contributed by atoms with E-state index in [-0.39, 0.29) is 5.91 Å². The number of ether oxygens (including phenoxy) is 2. The van der Waals surface area contributed by atoms with Gasteiger partial charge in [0.05, 0.1) is 5.56 Å². The van der Waals surface area contributed by atoms with Crippen molar-refractivity contribution < 1.29 is 14.3 Å². The molecule has 0 aliphatic carbocycles. The van der Waals surface area contributed by atoms with Crippen LogP contribution in [0, 0.1) is 0 Å². The number of carbonyl (C=O) groups excluding carboxylic acids is 1. The fraction of sp³-hybridized carbons (Fsp3) is 0.188. The monoisotopic (exact) mass is 284 g/mol. The highest BCUT2D eigenvalue weighted by atomic mass is 16.6. The minimum absolute atomic E-state index is 0.170. The number of benzene rings is 2. The average Bonchev–Trinajstić information content (AvgIpc) is 2.54. The molecule has 0 atom stereocenters. The largest absolute Gasteiger partial charge is 0.486 e. The zero-order chi connectivity index (χ0) is 14.7. The first-order chi connectivity index (χ1) is 10.3. The van der Waals surface area contributed by atoms with E-state index in [0.29, 0.717) is 36.0 Å². The molecule has 0 spiro atoms. The van der Waals surface area contributed by atoms with Gasteiger partial charge in [-0.3, -0.25) is 4.79 Å². The van der Waals surface area contributed by atoms with Crippen LogP contribution in [0.15, 0.2) is 42.5 Å². The van der Waals surface area contributed by atoms with Gasteiger partial charge in [-0.1, -0.05) is 12.1 Å². The van der Waals surface area contributed by atoms with Crippen molar-refractivity contribution in [3.8, 4) is 11.5 Å². The molecule has 2 aromatic carbocycles. The van der Waals surface area contributed by atoms with E-state index >= 15 is 0 Å². The van der Waals surface area contributed by atoms with Crippen LogP contribution in [0.3, 0.4) is 0 Å². The highest BCUT2D eigenvalue weighted by Crippen LogP contribution is 2.32. The lowest BCUT2D eigenvalue weighted by Crippen LogP contribution is -2.17. The van der Waals surface area contributed by atoms with Crippen molar-refractivity contribution in [2.75, 3.05) is 30.9 Å². The SMILES string of the molecule is CNc1ccccc1C(=O)Nc1ccc2c(c1)OCCO2. The first kappa shape index (κ1) is 13.3. The Kier molecular flexibility index (Phi) is 3.64. The lowest BCUT2D eigenvalue weighted by atomic mass is 10.1. The smallest absolute Gasteiger partial charge is 0.257 e. The summed E-state index contributed by atoms with van der Waals surface area (Å²) >= 11 is 0. The molecule has 0 saturated carbocycles. The van der Waals surface area contributed by atoms with Gasteiger partial charge in [0.25, 0.3) is 5.91 Å². The molecule has 0 saturated heterocycles. The number of hydrogen-bond donors (Lipinski definition) is 2. The number of carbonyl (C=O) groups is 1. The third-order valence-corrected chi connectivity index (χ3v) is 3.24. The minimum atomic E-state index is -0.170. The second-order valence-corrected chi connectivity index (χ2v) is 4.61. The highest BCUT2D eigenvalue weighted by Gasteiger charge is 2.14. The van der Waals surface area contributed by atoms with E-state index in [9.17, 15) is 4.79 Å². The van der Waals surface area contributed by atoms with Crippen molar-refractivity contribution in [2.24, 2.45) is 0 Å². The van der Waals surface area contributed by atoms with Gasteiger partial charge in [-0.25, -0.2) is 0 Å². The maximum Gasteiger partial charge on any atom is 0.257 e. The molecule has 0 radical (unpaired) electrons. The first-order valence-corrected chi connectivity index (χ1v) is 6.76. The third-order valence-electron chi connectivity index (χ3n) is 3.24. The molecule has 0 unspecified atom stereocenters. The van der Waals surface area contributed by atoms with Gasteiger partial charge in [0, 0.05) is 24.5 Å². The Balaban J connectivity index is 1.81. The Morgan fingerprint density at radius 1 is 1.05 bits per heavy atom. The summed E-state index contributed by atoms with van der Waals surface area (Å²) in [6.07, 6.45) is 0. The molecule has 2 N–H and O–H groups in total. The van der Waals surface area contributed by atoms with Gasteiger partial charge in [0.15, 0.2) is 11.5 Å². The molecule has 1 aliphatic rings. The van der Waals surface area contributed by atoms with E-state index in [2.05, 4.69) is 10.6 Å². The molecule has 0 aromatic heterocycles. The van der Waals surface area contributed by atoms with Gasteiger partial charge in [0.2, 0.25) is 0 Å². The van der Waals surface area contributed by atoms with E-state index in [1.54, 1.807) is 31.3 Å². The topological polar surface area (TPSA) is 59.6 Å². The molecule has 0 bridgehead atoms. The van der Waals surface area contributed by atoms with Crippen LogP contribution < -0.4 is 20.1 Å². The molecule has 5 heteroatoms. The number of anilines is 2. The van der Waals surface area contributed by atoms with Crippen LogP contribution in [0.1, 0.15) is 10.4 Å². The van der Waals surface area contributed by atoms with Crippen molar-refractivity contribution in [3.63, 3.8) is 0 Å². The van der Waals surface area contributed by atoms with Gasteiger partial charge >= 0.3 is 0 Å². The predicted octanol–water partition coefficient (Wildman–Crippen LogP) is 2.75. The fourth-order valence-corrected chi connectivity index (χ4v) is 2.22. The van der Waals surface area contributed by atoms with E-state index in [1.165, 1.54) is 0 Å². The maximum atomic E-state index is 12.3. The number of para-hydroxylation sites is 1. The summed E-state index contributed by atoms with van der Waals surface area (Å²) in [6, 6.07) is 12.7. The summed E-state index contributed by atoms with van der Waals surface area (Å²) in [4.78, 5) is 12.3. The fourth-order valence-electron chi connectivity index (χ4n) is 2.22. The number of nitrogens with one attached hydrogen (secondary N) is 2. The van der Waals surface area contributed by atoms with Crippen molar-refractivity contribution in [2.45, 2.75) is 0 Å². The zero-order valence-electron chi connectivity index (χ0n) is 11.7. The summed E-state index contributed by atoms with van der Waals surface area (Å²) in [5.41, 5.74) is 2.05. The molecule has 3 rings (SSSR count). The van der Waals surface area contributed by atoms with Crippen LogP contribution in [-0.2, 0) is 0 Å². The summed E-state index contributed by atoms with van der Waals surface area (Å²) < 4.78 is 11.0. The number of fused-ring (bicyclic) bond motifs is 1. The number of rotatable bonds is 3. The summed E-state index contributed by atoms with van der Waals surface area (Å²) in [5, 5.41) is 5.88. The van der Waals surface area contributed by atoms with Gasteiger partial charge in [0.1, 0.15) is 13.2 Å². The molecular weight excluding hydrogens is 268 g/mol. The molecule has 21 heavy (non-hydrogen) atoms. The molecule has 0 fully saturated rings. The summed E-state index contributed by atoms with van der Waals surface area (Å²) in [6.45, 7) is 1.07. The highest BCUT2D eigenvalue weighted by molar-refractivity contribution is 6.08. The van der Waals surface area contributed by atoms with Gasteiger partial charge in [-0.05, 0) is 24.3 Å². The number of amides is 1. The number of hydrogen-bond acceptors (Lipinski definition) is 4. The standard InChI is InChI=1S/C16H16N2O3/c1-17-13-5-3-2-4-12(13)16(19)18-11-6-7-14-15(10-11)21-9-8-20-14/h2-7,10,17H,8-9H2,1H3,(H,18,19). The van der Waals surface area contributed by atoms with E-state index in [0.717, 1.165) is 5.69 Å². The van der Waals surface area contributed by atoms with Crippen LogP contribution >= 0.6 is 0 Å². The van der Waals surface area contributed by atoms with E-state index in [1.807, 2.05) is 18.2 Å². The molecule has 1 amide bonds. The average molecular weight is 284 g/mol. The van der Waals surface area contributed by atoms with Crippen molar-refractivity contribution >= 4 is 17.3 Å². The van der Waals surface area contributed by atoms with Crippen LogP contribution in [0.2, 0.25) is 0 Å². The molecule has 5 nitrogen and oxygen atoms in total. The third kappa shape index (κ3) is 2.76. The lowest BCUT2D eigenvalue weighted by molar-refractivity contribution is 0.102. The van der Waals surface area contributed by atoms with Crippen LogP contribution in [0.5, 0.6) is 11.5 Å². The van der Waals surface area contributed by atoms with Crippen LogP contribution in [-0.4, -0.2) is 26.2 Å². The Labute approximate surface area is 122 Å². The molecule has 108 valence electrons.